The lowest BCUT2D eigenvalue weighted by Crippen LogP contribution is -2.47. The van der Waals surface area contributed by atoms with Crippen molar-refractivity contribution in [1.29, 1.82) is 0 Å². The van der Waals surface area contributed by atoms with E-state index in [1.165, 1.54) is 11.1 Å². The molecule has 2 amide bonds. The molecule has 6 heteroatoms. The van der Waals surface area contributed by atoms with Gasteiger partial charge in [-0.25, -0.2) is 0 Å². The number of aryl methyl sites for hydroxylation is 1. The van der Waals surface area contributed by atoms with Crippen molar-refractivity contribution >= 4 is 11.8 Å². The summed E-state index contributed by atoms with van der Waals surface area (Å²) in [5.41, 5.74) is 2.41. The Morgan fingerprint density at radius 3 is 2.31 bits per heavy atom. The summed E-state index contributed by atoms with van der Waals surface area (Å²) >= 11 is 0. The largest absolute Gasteiger partial charge is 0.356 e. The molecule has 0 radical (unpaired) electrons. The predicted octanol–water partition coefficient (Wildman–Crippen LogP) is 3.84. The molecule has 4 rings (SSSR count). The van der Waals surface area contributed by atoms with Crippen molar-refractivity contribution in [3.63, 3.8) is 0 Å². The number of hydrogen-bond donors (Lipinski definition) is 1. The van der Waals surface area contributed by atoms with Crippen LogP contribution in [-0.4, -0.2) is 72.5 Å². The Balaban J connectivity index is 1.38. The fourth-order valence-corrected chi connectivity index (χ4v) is 5.26. The van der Waals surface area contributed by atoms with Gasteiger partial charge in [-0.15, -0.1) is 0 Å². The second-order valence-electron chi connectivity index (χ2n) is 9.83. The zero-order valence-corrected chi connectivity index (χ0v) is 20.9. The van der Waals surface area contributed by atoms with Crippen LogP contribution < -0.4 is 5.32 Å². The molecule has 0 aliphatic carbocycles. The summed E-state index contributed by atoms with van der Waals surface area (Å²) in [4.78, 5) is 32.9. The molecular weight excluding hydrogens is 436 g/mol. The fourth-order valence-electron chi connectivity index (χ4n) is 5.26. The summed E-state index contributed by atoms with van der Waals surface area (Å²) in [6.45, 7) is 6.16. The Kier molecular flexibility index (Phi) is 9.73. The summed E-state index contributed by atoms with van der Waals surface area (Å²) in [5.74, 6) is 0.311. The van der Waals surface area contributed by atoms with E-state index >= 15 is 0 Å². The number of nitrogens with one attached hydrogen (secondary N) is 1. The SMILES string of the molecule is O=C1C[C@@H](c2ccccc2)N2CCCN(CCCCN(C(=O)CCc3ccccc3)CCCN1)C2. The van der Waals surface area contributed by atoms with Crippen molar-refractivity contribution in [1.82, 2.24) is 20.0 Å². The van der Waals surface area contributed by atoms with Crippen LogP contribution in [0.4, 0.5) is 0 Å². The molecule has 3 atom stereocenters. The summed E-state index contributed by atoms with van der Waals surface area (Å²) in [6, 6.07) is 20.8. The Morgan fingerprint density at radius 2 is 1.51 bits per heavy atom. The third kappa shape index (κ3) is 7.91. The van der Waals surface area contributed by atoms with E-state index in [1.54, 1.807) is 0 Å². The molecule has 35 heavy (non-hydrogen) atoms. The minimum absolute atomic E-state index is 0.0906. The smallest absolute Gasteiger partial charge is 0.222 e. The van der Waals surface area contributed by atoms with Crippen molar-refractivity contribution in [3.05, 3.63) is 71.8 Å². The van der Waals surface area contributed by atoms with Gasteiger partial charge in [-0.3, -0.25) is 19.4 Å². The van der Waals surface area contributed by atoms with Crippen LogP contribution in [0.15, 0.2) is 60.7 Å². The molecule has 0 saturated carbocycles. The Morgan fingerprint density at radius 1 is 0.829 bits per heavy atom. The lowest BCUT2D eigenvalue weighted by Gasteiger charge is -2.40. The van der Waals surface area contributed by atoms with E-state index in [-0.39, 0.29) is 17.9 Å². The highest BCUT2D eigenvalue weighted by atomic mass is 16.2. The van der Waals surface area contributed by atoms with Gasteiger partial charge in [-0.1, -0.05) is 60.7 Å². The van der Waals surface area contributed by atoms with Crippen molar-refractivity contribution in [3.8, 4) is 0 Å². The van der Waals surface area contributed by atoms with Crippen LogP contribution in [0.5, 0.6) is 0 Å². The van der Waals surface area contributed by atoms with Crippen LogP contribution in [0.1, 0.15) is 55.7 Å². The van der Waals surface area contributed by atoms with Crippen molar-refractivity contribution in [2.75, 3.05) is 45.9 Å². The first-order valence-electron chi connectivity index (χ1n) is 13.3. The zero-order valence-electron chi connectivity index (χ0n) is 20.9. The Hall–Kier alpha value is -2.70. The average molecular weight is 477 g/mol. The molecule has 2 aromatic carbocycles. The van der Waals surface area contributed by atoms with Crippen LogP contribution in [0.25, 0.3) is 0 Å². The van der Waals surface area contributed by atoms with Gasteiger partial charge >= 0.3 is 0 Å². The molecule has 2 aliphatic heterocycles. The van der Waals surface area contributed by atoms with Gasteiger partial charge in [-0.2, -0.15) is 0 Å². The molecule has 2 heterocycles. The highest BCUT2D eigenvalue weighted by Crippen LogP contribution is 2.27. The summed E-state index contributed by atoms with van der Waals surface area (Å²) in [5, 5.41) is 3.13. The maximum absolute atomic E-state index is 13.0. The number of fused-ring (bicyclic) bond motifs is 2. The minimum Gasteiger partial charge on any atom is -0.356 e. The number of carbonyl (C=O) groups is 2. The number of benzene rings is 2. The third-order valence-electron chi connectivity index (χ3n) is 7.21. The van der Waals surface area contributed by atoms with Crippen LogP contribution in [-0.2, 0) is 16.0 Å². The van der Waals surface area contributed by atoms with Gasteiger partial charge in [0, 0.05) is 51.6 Å². The number of carbonyl (C=O) groups excluding carboxylic acids is 2. The predicted molar refractivity (Wildman–Crippen MR) is 140 cm³/mol. The molecular formula is C29H40N4O2. The van der Waals surface area contributed by atoms with Gasteiger partial charge in [0.25, 0.3) is 0 Å². The maximum Gasteiger partial charge on any atom is 0.222 e. The molecule has 2 fully saturated rings. The first-order valence-corrected chi connectivity index (χ1v) is 13.3. The van der Waals surface area contributed by atoms with Crippen molar-refractivity contribution in [2.24, 2.45) is 0 Å². The Bertz CT molecular complexity index is 921. The fraction of sp³-hybridized carbons (Fsp3) is 0.517. The number of rotatable bonds is 4. The van der Waals surface area contributed by atoms with E-state index in [9.17, 15) is 9.59 Å². The van der Waals surface area contributed by atoms with E-state index in [2.05, 4.69) is 51.5 Å². The monoisotopic (exact) mass is 476 g/mol. The second kappa shape index (κ2) is 13.4. The summed E-state index contributed by atoms with van der Waals surface area (Å²) in [7, 11) is 0. The first-order chi connectivity index (χ1) is 17.2. The third-order valence-corrected chi connectivity index (χ3v) is 7.21. The molecule has 0 aromatic heterocycles. The van der Waals surface area contributed by atoms with E-state index in [1.807, 2.05) is 29.2 Å². The molecule has 2 saturated heterocycles. The summed E-state index contributed by atoms with van der Waals surface area (Å²) in [6.07, 6.45) is 5.79. The highest BCUT2D eigenvalue weighted by Gasteiger charge is 2.27. The standard InChI is InChI=1S/C29H40N4O2/c34-28-23-27(26-13-5-2-6-14-26)33-22-10-19-31(24-33)18-7-8-20-32(21-9-17-30-28)29(35)16-15-25-11-3-1-4-12-25/h1-6,11-14,27H,7-10,15-24H2,(H,30,34)/t27-/m0/s1. The quantitative estimate of drug-likeness (QED) is 0.729. The topological polar surface area (TPSA) is 55.9 Å². The second-order valence-corrected chi connectivity index (χ2v) is 9.83. The van der Waals surface area contributed by atoms with E-state index in [0.717, 1.165) is 65.0 Å². The van der Waals surface area contributed by atoms with Gasteiger partial charge in [0.15, 0.2) is 0 Å². The molecule has 2 unspecified atom stereocenters. The minimum atomic E-state index is 0.0906. The number of amides is 2. The molecule has 2 aromatic rings. The Labute approximate surface area is 210 Å². The van der Waals surface area contributed by atoms with Crippen molar-refractivity contribution in [2.45, 2.75) is 51.0 Å². The van der Waals surface area contributed by atoms with Crippen LogP contribution in [0, 0.1) is 0 Å². The lowest BCUT2D eigenvalue weighted by molar-refractivity contribution is -0.131. The number of nitrogens with zero attached hydrogens (tertiary/aromatic N) is 3. The zero-order chi connectivity index (χ0) is 24.3. The van der Waals surface area contributed by atoms with Gasteiger partial charge in [0.1, 0.15) is 0 Å². The molecule has 1 N–H and O–H groups in total. The molecule has 6 nitrogen and oxygen atoms in total. The first kappa shape index (κ1) is 25.4. The van der Waals surface area contributed by atoms with Gasteiger partial charge in [-0.05, 0) is 49.8 Å². The van der Waals surface area contributed by atoms with Gasteiger partial charge in [0.05, 0.1) is 6.67 Å². The van der Waals surface area contributed by atoms with Gasteiger partial charge in [0.2, 0.25) is 11.8 Å². The van der Waals surface area contributed by atoms with Crippen molar-refractivity contribution < 1.29 is 9.59 Å². The lowest BCUT2D eigenvalue weighted by atomic mass is 10.0. The van der Waals surface area contributed by atoms with Crippen LogP contribution in [0.2, 0.25) is 0 Å². The van der Waals surface area contributed by atoms with Crippen LogP contribution in [0.3, 0.4) is 0 Å². The van der Waals surface area contributed by atoms with E-state index in [0.29, 0.717) is 25.9 Å². The number of hydrogen-bond acceptors (Lipinski definition) is 4. The van der Waals surface area contributed by atoms with E-state index < -0.39 is 0 Å². The highest BCUT2D eigenvalue weighted by molar-refractivity contribution is 5.77. The normalized spacial score (nSPS) is 24.6. The molecule has 2 bridgehead atoms. The molecule has 0 spiro atoms. The van der Waals surface area contributed by atoms with Gasteiger partial charge < -0.3 is 10.2 Å². The maximum atomic E-state index is 13.0. The summed E-state index contributed by atoms with van der Waals surface area (Å²) < 4.78 is 0. The average Bonchev–Trinajstić information content (AvgIpc) is 2.90. The van der Waals surface area contributed by atoms with E-state index in [4.69, 9.17) is 0 Å². The van der Waals surface area contributed by atoms with Crippen LogP contribution >= 0.6 is 0 Å². The molecule has 2 aliphatic rings. The molecule has 188 valence electrons.